The fourth-order valence-electron chi connectivity index (χ4n) is 4.67. The standard InChI is InChI=1S/C28H31N3O6S/c1-19-17-24(38(29,36)37)9-10-25(19)22-3-2-4-23(18-22)26(32)12-14-30-15-13-27(33)31(30)16-11-20-5-7-21(8-6-20)28(34)35/h2-10,17-18,26,32H,11-16H2,1H3,(H,34,35)(H2,29,36,37). The molecule has 9 nitrogen and oxygen atoms in total. The predicted molar refractivity (Wildman–Crippen MR) is 143 cm³/mol. The second-order valence-electron chi connectivity index (χ2n) is 9.42. The number of aliphatic hydroxyl groups excluding tert-OH is 1. The monoisotopic (exact) mass is 537 g/mol. The van der Waals surface area contributed by atoms with E-state index >= 15 is 0 Å². The number of hydrazine groups is 1. The number of carboxylic acids is 1. The summed E-state index contributed by atoms with van der Waals surface area (Å²) in [5.74, 6) is -0.946. The van der Waals surface area contributed by atoms with Gasteiger partial charge in [0.2, 0.25) is 15.9 Å². The molecule has 10 heteroatoms. The van der Waals surface area contributed by atoms with Crippen LogP contribution in [-0.2, 0) is 21.2 Å². The molecule has 0 aromatic heterocycles. The summed E-state index contributed by atoms with van der Waals surface area (Å²) < 4.78 is 23.3. The van der Waals surface area contributed by atoms with Gasteiger partial charge in [0.05, 0.1) is 16.6 Å². The van der Waals surface area contributed by atoms with Gasteiger partial charge in [0.1, 0.15) is 0 Å². The molecule has 4 N–H and O–H groups in total. The number of aromatic carboxylic acids is 1. The molecule has 0 bridgehead atoms. The van der Waals surface area contributed by atoms with Crippen LogP contribution in [0.2, 0.25) is 0 Å². The third-order valence-corrected chi connectivity index (χ3v) is 7.71. The van der Waals surface area contributed by atoms with Crippen molar-refractivity contribution >= 4 is 21.9 Å². The average molecular weight is 538 g/mol. The first-order valence-corrected chi connectivity index (χ1v) is 13.9. The van der Waals surface area contributed by atoms with E-state index in [1.807, 2.05) is 36.2 Å². The summed E-state index contributed by atoms with van der Waals surface area (Å²) in [6.07, 6.45) is 0.678. The van der Waals surface area contributed by atoms with Gasteiger partial charge in [-0.3, -0.25) is 9.80 Å². The van der Waals surface area contributed by atoms with Gasteiger partial charge >= 0.3 is 5.97 Å². The number of benzene rings is 3. The number of primary sulfonamides is 1. The minimum atomic E-state index is -3.79. The fraction of sp³-hybridized carbons (Fsp3) is 0.286. The van der Waals surface area contributed by atoms with Crippen molar-refractivity contribution in [2.45, 2.75) is 37.2 Å². The van der Waals surface area contributed by atoms with Crippen molar-refractivity contribution in [1.82, 2.24) is 10.0 Å². The summed E-state index contributed by atoms with van der Waals surface area (Å²) in [5, 5.41) is 28.9. The molecule has 0 radical (unpaired) electrons. The lowest BCUT2D eigenvalue weighted by atomic mass is 9.96. The van der Waals surface area contributed by atoms with E-state index in [0.717, 1.165) is 27.8 Å². The lowest BCUT2D eigenvalue weighted by molar-refractivity contribution is -0.138. The van der Waals surface area contributed by atoms with Gasteiger partial charge in [0.15, 0.2) is 0 Å². The Bertz CT molecular complexity index is 1440. The molecule has 1 unspecified atom stereocenters. The Hall–Kier alpha value is -3.57. The van der Waals surface area contributed by atoms with Crippen LogP contribution in [0.4, 0.5) is 0 Å². The zero-order chi connectivity index (χ0) is 27.4. The van der Waals surface area contributed by atoms with Crippen LogP contribution in [0.15, 0.2) is 71.6 Å². The minimum Gasteiger partial charge on any atom is -0.478 e. The van der Waals surface area contributed by atoms with Crippen LogP contribution in [0.25, 0.3) is 11.1 Å². The Kier molecular flexibility index (Phi) is 8.27. The summed E-state index contributed by atoms with van der Waals surface area (Å²) in [7, 11) is -3.79. The second-order valence-corrected chi connectivity index (χ2v) is 11.0. The zero-order valence-corrected chi connectivity index (χ0v) is 21.9. The van der Waals surface area contributed by atoms with Gasteiger partial charge in [0.25, 0.3) is 0 Å². The van der Waals surface area contributed by atoms with Crippen molar-refractivity contribution in [3.8, 4) is 11.1 Å². The molecule has 1 atom stereocenters. The number of sulfonamides is 1. The van der Waals surface area contributed by atoms with Gasteiger partial charge in [-0.1, -0.05) is 36.4 Å². The van der Waals surface area contributed by atoms with Gasteiger partial charge in [-0.05, 0) is 77.9 Å². The smallest absolute Gasteiger partial charge is 0.335 e. The first-order valence-electron chi connectivity index (χ1n) is 12.3. The molecular formula is C28H31N3O6S. The van der Waals surface area contributed by atoms with Crippen molar-refractivity contribution in [2.24, 2.45) is 5.14 Å². The zero-order valence-electron chi connectivity index (χ0n) is 21.1. The Morgan fingerprint density at radius 2 is 1.79 bits per heavy atom. The maximum atomic E-state index is 12.5. The highest BCUT2D eigenvalue weighted by Gasteiger charge is 2.28. The number of amides is 1. The largest absolute Gasteiger partial charge is 0.478 e. The molecule has 4 rings (SSSR count). The van der Waals surface area contributed by atoms with E-state index < -0.39 is 22.1 Å². The van der Waals surface area contributed by atoms with Crippen LogP contribution >= 0.6 is 0 Å². The van der Waals surface area contributed by atoms with Crippen LogP contribution in [-0.4, -0.2) is 60.2 Å². The van der Waals surface area contributed by atoms with Crippen LogP contribution in [0.1, 0.15) is 46.0 Å². The maximum Gasteiger partial charge on any atom is 0.335 e. The number of rotatable bonds is 10. The first-order chi connectivity index (χ1) is 18.0. The molecule has 0 saturated carbocycles. The quantitative estimate of drug-likeness (QED) is 0.361. The van der Waals surface area contributed by atoms with Gasteiger partial charge in [-0.15, -0.1) is 0 Å². The van der Waals surface area contributed by atoms with E-state index in [9.17, 15) is 23.1 Å². The molecule has 1 amide bonds. The number of carbonyl (C=O) groups excluding carboxylic acids is 1. The summed E-state index contributed by atoms with van der Waals surface area (Å²) in [4.78, 5) is 23.6. The molecule has 1 aliphatic heterocycles. The molecule has 3 aromatic rings. The molecule has 1 saturated heterocycles. The number of aliphatic hydroxyl groups is 1. The third kappa shape index (κ3) is 6.46. The van der Waals surface area contributed by atoms with E-state index in [-0.39, 0.29) is 16.4 Å². The van der Waals surface area contributed by atoms with Crippen LogP contribution in [0, 0.1) is 6.92 Å². The Morgan fingerprint density at radius 1 is 1.05 bits per heavy atom. The molecule has 38 heavy (non-hydrogen) atoms. The van der Waals surface area contributed by atoms with Crippen LogP contribution < -0.4 is 5.14 Å². The van der Waals surface area contributed by atoms with Crippen LogP contribution in [0.3, 0.4) is 0 Å². The van der Waals surface area contributed by atoms with E-state index in [4.69, 9.17) is 10.2 Å². The van der Waals surface area contributed by atoms with Crippen LogP contribution in [0.5, 0.6) is 0 Å². The Labute approximate surface area is 222 Å². The second kappa shape index (κ2) is 11.4. The molecule has 1 heterocycles. The van der Waals surface area contributed by atoms with E-state index in [0.29, 0.717) is 38.9 Å². The minimum absolute atomic E-state index is 0.0297. The maximum absolute atomic E-state index is 12.5. The number of aryl methyl sites for hydroxylation is 1. The summed E-state index contributed by atoms with van der Waals surface area (Å²) in [6.45, 7) is 3.37. The highest BCUT2D eigenvalue weighted by Crippen LogP contribution is 2.29. The van der Waals surface area contributed by atoms with Crippen molar-refractivity contribution in [3.05, 3.63) is 89.0 Å². The summed E-state index contributed by atoms with van der Waals surface area (Å²) >= 11 is 0. The molecule has 1 aliphatic rings. The third-order valence-electron chi connectivity index (χ3n) is 6.80. The van der Waals surface area contributed by atoms with E-state index in [1.165, 1.54) is 12.1 Å². The molecule has 0 aliphatic carbocycles. The molecule has 1 fully saturated rings. The van der Waals surface area contributed by atoms with Crippen molar-refractivity contribution in [2.75, 3.05) is 19.6 Å². The van der Waals surface area contributed by atoms with Gasteiger partial charge in [0, 0.05) is 26.1 Å². The lowest BCUT2D eigenvalue weighted by Crippen LogP contribution is -2.41. The Morgan fingerprint density at radius 3 is 2.45 bits per heavy atom. The van der Waals surface area contributed by atoms with Gasteiger partial charge in [-0.25, -0.2) is 23.4 Å². The number of carboxylic acid groups (broad SMARTS) is 1. The van der Waals surface area contributed by atoms with E-state index in [1.54, 1.807) is 35.3 Å². The van der Waals surface area contributed by atoms with Crippen molar-refractivity contribution < 1.29 is 28.2 Å². The highest BCUT2D eigenvalue weighted by molar-refractivity contribution is 7.89. The summed E-state index contributed by atoms with van der Waals surface area (Å²) in [6, 6.07) is 18.8. The number of nitrogens with zero attached hydrogens (tertiary/aromatic N) is 2. The predicted octanol–water partition coefficient (Wildman–Crippen LogP) is 3.12. The van der Waals surface area contributed by atoms with E-state index in [2.05, 4.69) is 0 Å². The number of hydrogen-bond donors (Lipinski definition) is 3. The highest BCUT2D eigenvalue weighted by atomic mass is 32.2. The average Bonchev–Trinajstić information content (AvgIpc) is 3.24. The van der Waals surface area contributed by atoms with Crippen molar-refractivity contribution in [3.63, 3.8) is 0 Å². The molecule has 3 aromatic carbocycles. The first kappa shape index (κ1) is 27.5. The lowest BCUT2D eigenvalue weighted by Gasteiger charge is -2.29. The topological polar surface area (TPSA) is 141 Å². The summed E-state index contributed by atoms with van der Waals surface area (Å²) in [5.41, 5.74) is 4.35. The number of hydrogen-bond acceptors (Lipinski definition) is 6. The van der Waals surface area contributed by atoms with Gasteiger partial charge < -0.3 is 10.2 Å². The SMILES string of the molecule is Cc1cc(S(N)(=O)=O)ccc1-c1cccc(C(O)CCN2CCC(=O)N2CCc2ccc(C(=O)O)cc2)c1. The fourth-order valence-corrected chi connectivity index (χ4v) is 5.27. The molecule has 200 valence electrons. The van der Waals surface area contributed by atoms with Gasteiger partial charge in [-0.2, -0.15) is 0 Å². The molecule has 0 spiro atoms. The number of nitrogens with two attached hydrogens (primary N) is 1. The van der Waals surface area contributed by atoms with Crippen molar-refractivity contribution in [1.29, 1.82) is 0 Å². The number of carbonyl (C=O) groups is 2. The normalized spacial score (nSPS) is 15.1. The Balaban J connectivity index is 1.38. The molecular weight excluding hydrogens is 506 g/mol.